The maximum Gasteiger partial charge on any atom is 0.270 e. The van der Waals surface area contributed by atoms with Crippen LogP contribution in [0.2, 0.25) is 5.02 Å². The zero-order valence-electron chi connectivity index (χ0n) is 14.6. The van der Waals surface area contributed by atoms with Crippen LogP contribution in [-0.4, -0.2) is 30.8 Å². The number of nitrogens with one attached hydrogen (secondary N) is 1. The summed E-state index contributed by atoms with van der Waals surface area (Å²) in [5.74, 6) is -1.97. The van der Waals surface area contributed by atoms with Crippen LogP contribution in [-0.2, 0) is 14.3 Å². The van der Waals surface area contributed by atoms with E-state index in [0.717, 1.165) is 11.0 Å². The fourth-order valence-electron chi connectivity index (χ4n) is 2.53. The third-order valence-electron chi connectivity index (χ3n) is 3.82. The first-order valence-electron chi connectivity index (χ1n) is 7.99. The molecule has 0 saturated carbocycles. The van der Waals surface area contributed by atoms with Gasteiger partial charge in [-0.1, -0.05) is 17.7 Å². The lowest BCUT2D eigenvalue weighted by molar-refractivity contribution is -0.122. The van der Waals surface area contributed by atoms with Crippen LogP contribution >= 0.6 is 23.8 Å². The van der Waals surface area contributed by atoms with Gasteiger partial charge >= 0.3 is 0 Å². The van der Waals surface area contributed by atoms with E-state index in [1.807, 2.05) is 0 Å². The van der Waals surface area contributed by atoms with Crippen molar-refractivity contribution in [2.24, 2.45) is 0 Å². The van der Waals surface area contributed by atoms with Crippen LogP contribution in [0.25, 0.3) is 6.08 Å². The lowest BCUT2D eigenvalue weighted by Gasteiger charge is -2.29. The summed E-state index contributed by atoms with van der Waals surface area (Å²) in [4.78, 5) is 26.5. The molecule has 0 aliphatic carbocycles. The van der Waals surface area contributed by atoms with Crippen LogP contribution in [0.5, 0.6) is 5.75 Å². The highest BCUT2D eigenvalue weighted by molar-refractivity contribution is 7.80. The van der Waals surface area contributed by atoms with E-state index in [4.69, 9.17) is 33.3 Å². The van der Waals surface area contributed by atoms with Crippen LogP contribution in [0.4, 0.5) is 10.1 Å². The van der Waals surface area contributed by atoms with E-state index in [1.165, 1.54) is 25.3 Å². The Morgan fingerprint density at radius 1 is 1.21 bits per heavy atom. The van der Waals surface area contributed by atoms with Crippen molar-refractivity contribution in [3.63, 3.8) is 0 Å². The maximum absolute atomic E-state index is 14.4. The number of rotatable bonds is 5. The second-order valence-corrected chi connectivity index (χ2v) is 6.46. The first-order valence-corrected chi connectivity index (χ1v) is 8.78. The summed E-state index contributed by atoms with van der Waals surface area (Å²) in [6, 6.07) is 10.5. The third-order valence-corrected chi connectivity index (χ3v) is 4.36. The summed E-state index contributed by atoms with van der Waals surface area (Å²) in [5.41, 5.74) is 0.0625. The fourth-order valence-corrected chi connectivity index (χ4v) is 2.94. The van der Waals surface area contributed by atoms with Crippen LogP contribution in [0.3, 0.4) is 0 Å². The molecule has 28 heavy (non-hydrogen) atoms. The molecule has 0 spiro atoms. The van der Waals surface area contributed by atoms with E-state index in [1.54, 1.807) is 24.3 Å². The van der Waals surface area contributed by atoms with E-state index in [2.05, 4.69) is 5.32 Å². The maximum atomic E-state index is 14.4. The molecular formula is C19H14ClFN2O4S. The average Bonchev–Trinajstić information content (AvgIpc) is 2.66. The van der Waals surface area contributed by atoms with Crippen LogP contribution in [0.1, 0.15) is 5.56 Å². The van der Waals surface area contributed by atoms with Gasteiger partial charge in [0.25, 0.3) is 11.8 Å². The number of hydrogen-bond acceptors (Lipinski definition) is 5. The van der Waals surface area contributed by atoms with Crippen molar-refractivity contribution >= 4 is 52.5 Å². The second-order valence-electron chi connectivity index (χ2n) is 5.64. The van der Waals surface area contributed by atoms with E-state index in [-0.39, 0.29) is 28.8 Å². The fraction of sp³-hybridized carbons (Fsp3) is 0.105. The number of amides is 2. The molecule has 0 aromatic heterocycles. The Morgan fingerprint density at radius 3 is 2.61 bits per heavy atom. The number of benzene rings is 2. The van der Waals surface area contributed by atoms with Gasteiger partial charge in [0.1, 0.15) is 17.1 Å². The monoisotopic (exact) mass is 420 g/mol. The number of anilines is 1. The smallest absolute Gasteiger partial charge is 0.270 e. The van der Waals surface area contributed by atoms with E-state index in [9.17, 15) is 14.0 Å². The van der Waals surface area contributed by atoms with Gasteiger partial charge in [0.05, 0.1) is 11.3 Å². The summed E-state index contributed by atoms with van der Waals surface area (Å²) in [6.07, 6.45) is 1.13. The number of methoxy groups -OCH3 is 1. The number of nitrogens with zero attached hydrogens (tertiary/aromatic N) is 1. The molecule has 2 aromatic carbocycles. The normalized spacial score (nSPS) is 15.8. The minimum Gasteiger partial charge on any atom is -0.467 e. The highest BCUT2D eigenvalue weighted by atomic mass is 35.5. The molecule has 1 N–H and O–H groups in total. The lowest BCUT2D eigenvalue weighted by Crippen LogP contribution is -2.54. The molecule has 0 atom stereocenters. The van der Waals surface area contributed by atoms with Gasteiger partial charge in [0.2, 0.25) is 0 Å². The minimum atomic E-state index is -0.735. The van der Waals surface area contributed by atoms with Crippen molar-refractivity contribution in [1.82, 2.24) is 5.32 Å². The Kier molecular flexibility index (Phi) is 6.03. The van der Waals surface area contributed by atoms with Gasteiger partial charge in [-0.3, -0.25) is 19.8 Å². The molecule has 0 unspecified atom stereocenters. The van der Waals surface area contributed by atoms with Gasteiger partial charge in [-0.05, 0) is 54.7 Å². The summed E-state index contributed by atoms with van der Waals surface area (Å²) < 4.78 is 24.5. The van der Waals surface area contributed by atoms with Crippen molar-refractivity contribution in [2.75, 3.05) is 18.8 Å². The largest absolute Gasteiger partial charge is 0.467 e. The topological polar surface area (TPSA) is 67.9 Å². The zero-order chi connectivity index (χ0) is 20.3. The second kappa shape index (κ2) is 8.47. The van der Waals surface area contributed by atoms with Crippen LogP contribution in [0.15, 0.2) is 48.0 Å². The molecule has 3 rings (SSSR count). The number of carbonyl (C=O) groups is 2. The molecule has 1 aliphatic rings. The van der Waals surface area contributed by atoms with Gasteiger partial charge in [-0.15, -0.1) is 0 Å². The van der Waals surface area contributed by atoms with Crippen LogP contribution < -0.4 is 15.0 Å². The highest BCUT2D eigenvalue weighted by Gasteiger charge is 2.35. The highest BCUT2D eigenvalue weighted by Crippen LogP contribution is 2.28. The minimum absolute atomic E-state index is 0.0538. The molecule has 1 heterocycles. The van der Waals surface area contributed by atoms with Gasteiger partial charge in [0, 0.05) is 12.1 Å². The Labute approximate surface area is 170 Å². The number of thiocarbonyl (C=S) groups is 1. The molecular weight excluding hydrogens is 407 g/mol. The number of halogens is 2. The predicted molar refractivity (Wildman–Crippen MR) is 107 cm³/mol. The van der Waals surface area contributed by atoms with E-state index in [0.29, 0.717) is 10.7 Å². The quantitative estimate of drug-likeness (QED) is 0.348. The summed E-state index contributed by atoms with van der Waals surface area (Å²) >= 11 is 11.0. The molecule has 9 heteroatoms. The van der Waals surface area contributed by atoms with Crippen molar-refractivity contribution in [1.29, 1.82) is 0 Å². The number of carbonyl (C=O) groups excluding carboxylic acids is 2. The Hall–Kier alpha value is -2.81. The van der Waals surface area contributed by atoms with Crippen molar-refractivity contribution in [3.05, 3.63) is 64.4 Å². The summed E-state index contributed by atoms with van der Waals surface area (Å²) in [5, 5.41) is 2.83. The molecule has 0 bridgehead atoms. The first-order chi connectivity index (χ1) is 13.4. The molecule has 0 radical (unpaired) electrons. The molecule has 6 nitrogen and oxygen atoms in total. The van der Waals surface area contributed by atoms with E-state index < -0.39 is 17.6 Å². The number of ether oxygens (including phenoxy) is 2. The van der Waals surface area contributed by atoms with Crippen molar-refractivity contribution in [2.45, 2.75) is 0 Å². The lowest BCUT2D eigenvalue weighted by atomic mass is 10.1. The summed E-state index contributed by atoms with van der Waals surface area (Å²) in [6.45, 7) is -0.124. The number of hydrogen-bond donors (Lipinski definition) is 1. The molecule has 1 fully saturated rings. The zero-order valence-corrected chi connectivity index (χ0v) is 16.1. The van der Waals surface area contributed by atoms with Gasteiger partial charge < -0.3 is 9.47 Å². The first kappa shape index (κ1) is 19.9. The Balaban J connectivity index is 2.04. The van der Waals surface area contributed by atoms with Crippen molar-refractivity contribution in [3.8, 4) is 5.75 Å². The predicted octanol–water partition coefficient (Wildman–Crippen LogP) is 3.29. The molecule has 144 valence electrons. The SMILES string of the molecule is COCOc1cccc(F)c1C=C1C(=O)NC(=S)N(c2ccc(Cl)cc2)C1=O. The van der Waals surface area contributed by atoms with E-state index >= 15 is 0 Å². The Morgan fingerprint density at radius 2 is 1.93 bits per heavy atom. The van der Waals surface area contributed by atoms with Gasteiger partial charge in [-0.25, -0.2) is 4.39 Å². The molecule has 2 amide bonds. The standard InChI is InChI=1S/C19H14ClFN2O4S/c1-26-10-27-16-4-2-3-15(21)13(16)9-14-17(24)22-19(28)23(18(14)25)12-7-5-11(20)6-8-12/h2-9H,10H2,1H3,(H,22,24,28). The van der Waals surface area contributed by atoms with Gasteiger partial charge in [-0.2, -0.15) is 0 Å². The third kappa shape index (κ3) is 4.04. The molecule has 2 aromatic rings. The molecule has 1 aliphatic heterocycles. The summed E-state index contributed by atoms with van der Waals surface area (Å²) in [7, 11) is 1.42. The molecule has 1 saturated heterocycles. The van der Waals surface area contributed by atoms with Crippen molar-refractivity contribution < 1.29 is 23.5 Å². The Bertz CT molecular complexity index is 978. The average molecular weight is 421 g/mol. The van der Waals surface area contributed by atoms with Crippen LogP contribution in [0, 0.1) is 5.82 Å². The van der Waals surface area contributed by atoms with Gasteiger partial charge in [0.15, 0.2) is 11.9 Å².